The number of aromatic nitrogens is 3. The Morgan fingerprint density at radius 1 is 1.61 bits per heavy atom. The van der Waals surface area contributed by atoms with E-state index in [4.69, 9.17) is 5.73 Å². The van der Waals surface area contributed by atoms with Gasteiger partial charge in [0.25, 0.3) is 0 Å². The summed E-state index contributed by atoms with van der Waals surface area (Å²) in [6.07, 6.45) is 3.74. The summed E-state index contributed by atoms with van der Waals surface area (Å²) in [5, 5.41) is 10.8. The number of carbonyl (C=O) groups excluding carboxylic acids is 1. The predicted octanol–water partition coefficient (Wildman–Crippen LogP) is 0.777. The molecule has 0 aromatic carbocycles. The van der Waals surface area contributed by atoms with Crippen LogP contribution in [0.2, 0.25) is 0 Å². The summed E-state index contributed by atoms with van der Waals surface area (Å²) >= 11 is 0. The van der Waals surface area contributed by atoms with Gasteiger partial charge < -0.3 is 11.1 Å². The highest BCUT2D eigenvalue weighted by Gasteiger charge is 2.19. The van der Waals surface area contributed by atoms with E-state index in [-0.39, 0.29) is 18.5 Å². The van der Waals surface area contributed by atoms with Crippen molar-refractivity contribution in [3.05, 3.63) is 11.9 Å². The van der Waals surface area contributed by atoms with E-state index < -0.39 is 5.54 Å². The van der Waals surface area contributed by atoms with Gasteiger partial charge in [-0.15, -0.1) is 5.10 Å². The van der Waals surface area contributed by atoms with Crippen LogP contribution in [0.5, 0.6) is 0 Å². The molecule has 0 aliphatic carbocycles. The zero-order valence-corrected chi connectivity index (χ0v) is 11.6. The monoisotopic (exact) mass is 253 g/mol. The van der Waals surface area contributed by atoms with Gasteiger partial charge in [-0.25, -0.2) is 4.68 Å². The van der Waals surface area contributed by atoms with Crippen molar-refractivity contribution in [2.45, 2.75) is 58.7 Å². The third kappa shape index (κ3) is 4.44. The van der Waals surface area contributed by atoms with E-state index in [9.17, 15) is 4.79 Å². The number of hydrogen-bond donors (Lipinski definition) is 2. The lowest BCUT2D eigenvalue weighted by atomic mass is 10.0. The molecular formula is C12H23N5O. The molecule has 6 nitrogen and oxygen atoms in total. The highest BCUT2D eigenvalue weighted by atomic mass is 16.2. The molecule has 3 N–H and O–H groups in total. The fraction of sp³-hybridized carbons (Fsp3) is 0.750. The highest BCUT2D eigenvalue weighted by Crippen LogP contribution is 2.12. The second-order valence-electron chi connectivity index (χ2n) is 5.28. The minimum atomic E-state index is -0.537. The number of carbonyl (C=O) groups is 1. The minimum absolute atomic E-state index is 0.0535. The summed E-state index contributed by atoms with van der Waals surface area (Å²) < 4.78 is 1.51. The first kappa shape index (κ1) is 14.6. The number of amides is 1. The second-order valence-corrected chi connectivity index (χ2v) is 5.28. The predicted molar refractivity (Wildman–Crippen MR) is 69.7 cm³/mol. The van der Waals surface area contributed by atoms with Crippen molar-refractivity contribution >= 4 is 5.91 Å². The first-order chi connectivity index (χ1) is 8.32. The van der Waals surface area contributed by atoms with Crippen molar-refractivity contribution in [3.8, 4) is 0 Å². The molecule has 1 amide bonds. The Bertz CT molecular complexity index is 393. The van der Waals surface area contributed by atoms with Crippen LogP contribution in [-0.4, -0.2) is 26.9 Å². The number of hydrogen-bond acceptors (Lipinski definition) is 4. The number of nitrogens with one attached hydrogen (secondary N) is 1. The highest BCUT2D eigenvalue weighted by molar-refractivity contribution is 5.75. The molecule has 0 spiro atoms. The SMILES string of the molecule is CCCC(C)NC(=O)Cn1cc(C(C)(C)N)nn1. The molecule has 1 rings (SSSR count). The molecular weight excluding hydrogens is 230 g/mol. The third-order valence-electron chi connectivity index (χ3n) is 2.63. The van der Waals surface area contributed by atoms with Gasteiger partial charge in [0.2, 0.25) is 5.91 Å². The average Bonchev–Trinajstić information content (AvgIpc) is 2.65. The van der Waals surface area contributed by atoms with Crippen LogP contribution in [0, 0.1) is 0 Å². The molecule has 1 aromatic heterocycles. The molecule has 18 heavy (non-hydrogen) atoms. The van der Waals surface area contributed by atoms with Gasteiger partial charge in [0.15, 0.2) is 0 Å². The molecule has 0 aliphatic heterocycles. The zero-order valence-electron chi connectivity index (χ0n) is 11.6. The van der Waals surface area contributed by atoms with Crippen molar-refractivity contribution in [3.63, 3.8) is 0 Å². The Balaban J connectivity index is 2.52. The second kappa shape index (κ2) is 5.95. The van der Waals surface area contributed by atoms with Crippen LogP contribution in [0.4, 0.5) is 0 Å². The molecule has 1 aromatic rings. The van der Waals surface area contributed by atoms with Crippen LogP contribution in [0.3, 0.4) is 0 Å². The number of nitrogens with two attached hydrogens (primary N) is 1. The molecule has 0 saturated carbocycles. The van der Waals surface area contributed by atoms with E-state index in [2.05, 4.69) is 22.6 Å². The number of nitrogens with zero attached hydrogens (tertiary/aromatic N) is 3. The minimum Gasteiger partial charge on any atom is -0.352 e. The van der Waals surface area contributed by atoms with Crippen LogP contribution in [0.15, 0.2) is 6.20 Å². The smallest absolute Gasteiger partial charge is 0.242 e. The zero-order chi connectivity index (χ0) is 13.8. The summed E-state index contributed by atoms with van der Waals surface area (Å²) in [4.78, 5) is 11.7. The van der Waals surface area contributed by atoms with E-state index in [1.807, 2.05) is 20.8 Å². The van der Waals surface area contributed by atoms with E-state index in [0.29, 0.717) is 5.69 Å². The Morgan fingerprint density at radius 2 is 2.28 bits per heavy atom. The average molecular weight is 253 g/mol. The maximum Gasteiger partial charge on any atom is 0.242 e. The van der Waals surface area contributed by atoms with E-state index in [1.54, 1.807) is 6.20 Å². The van der Waals surface area contributed by atoms with Gasteiger partial charge in [0.05, 0.1) is 11.7 Å². The first-order valence-corrected chi connectivity index (χ1v) is 6.31. The Hall–Kier alpha value is -1.43. The molecule has 0 fully saturated rings. The van der Waals surface area contributed by atoms with Crippen LogP contribution in [0.25, 0.3) is 0 Å². The van der Waals surface area contributed by atoms with Crippen LogP contribution >= 0.6 is 0 Å². The van der Waals surface area contributed by atoms with E-state index in [1.165, 1.54) is 4.68 Å². The molecule has 102 valence electrons. The summed E-state index contributed by atoms with van der Waals surface area (Å²) in [7, 11) is 0. The molecule has 1 atom stereocenters. The molecule has 1 unspecified atom stereocenters. The van der Waals surface area contributed by atoms with Gasteiger partial charge in [0, 0.05) is 6.04 Å². The Morgan fingerprint density at radius 3 is 2.78 bits per heavy atom. The van der Waals surface area contributed by atoms with Crippen LogP contribution < -0.4 is 11.1 Å². The molecule has 0 bridgehead atoms. The largest absolute Gasteiger partial charge is 0.352 e. The van der Waals surface area contributed by atoms with Gasteiger partial charge in [0.1, 0.15) is 12.2 Å². The quantitative estimate of drug-likeness (QED) is 0.784. The van der Waals surface area contributed by atoms with Gasteiger partial charge in [-0.3, -0.25) is 4.79 Å². The fourth-order valence-corrected chi connectivity index (χ4v) is 1.64. The summed E-state index contributed by atoms with van der Waals surface area (Å²) in [5.74, 6) is -0.0535. The molecule has 0 aliphatic rings. The molecule has 1 heterocycles. The molecule has 0 saturated heterocycles. The fourth-order valence-electron chi connectivity index (χ4n) is 1.64. The summed E-state index contributed by atoms with van der Waals surface area (Å²) in [6.45, 7) is 7.97. The summed E-state index contributed by atoms with van der Waals surface area (Å²) in [6, 6.07) is 0.191. The number of rotatable bonds is 6. The lowest BCUT2D eigenvalue weighted by Gasteiger charge is -2.13. The van der Waals surface area contributed by atoms with E-state index >= 15 is 0 Å². The molecule has 6 heteroatoms. The van der Waals surface area contributed by atoms with Gasteiger partial charge >= 0.3 is 0 Å². The van der Waals surface area contributed by atoms with Crippen molar-refractivity contribution in [1.82, 2.24) is 20.3 Å². The normalized spacial score (nSPS) is 13.4. The Kier molecular flexibility index (Phi) is 4.84. The van der Waals surface area contributed by atoms with Gasteiger partial charge in [-0.1, -0.05) is 18.6 Å². The van der Waals surface area contributed by atoms with Gasteiger partial charge in [-0.05, 0) is 27.2 Å². The van der Waals surface area contributed by atoms with E-state index in [0.717, 1.165) is 12.8 Å². The molecule has 0 radical (unpaired) electrons. The first-order valence-electron chi connectivity index (χ1n) is 6.31. The maximum absolute atomic E-state index is 11.7. The lowest BCUT2D eigenvalue weighted by molar-refractivity contribution is -0.122. The van der Waals surface area contributed by atoms with Crippen molar-refractivity contribution in [2.75, 3.05) is 0 Å². The summed E-state index contributed by atoms with van der Waals surface area (Å²) in [5.41, 5.74) is 6.05. The van der Waals surface area contributed by atoms with Crippen molar-refractivity contribution in [1.29, 1.82) is 0 Å². The maximum atomic E-state index is 11.7. The van der Waals surface area contributed by atoms with Crippen molar-refractivity contribution < 1.29 is 4.79 Å². The third-order valence-corrected chi connectivity index (χ3v) is 2.63. The Labute approximate surface area is 108 Å². The van der Waals surface area contributed by atoms with Gasteiger partial charge in [-0.2, -0.15) is 0 Å². The standard InChI is InChI=1S/C12H23N5O/c1-5-6-9(2)14-11(18)8-17-7-10(15-16-17)12(3,4)13/h7,9H,5-6,8,13H2,1-4H3,(H,14,18). The van der Waals surface area contributed by atoms with Crippen LogP contribution in [-0.2, 0) is 16.9 Å². The van der Waals surface area contributed by atoms with Crippen LogP contribution in [0.1, 0.15) is 46.2 Å². The topological polar surface area (TPSA) is 85.8 Å². The van der Waals surface area contributed by atoms with Crippen molar-refractivity contribution in [2.24, 2.45) is 5.73 Å². The lowest BCUT2D eigenvalue weighted by Crippen LogP contribution is -2.35.